The van der Waals surface area contributed by atoms with Crippen molar-refractivity contribution in [1.82, 2.24) is 10.3 Å². The highest BCUT2D eigenvalue weighted by Crippen LogP contribution is 2.17. The van der Waals surface area contributed by atoms with Crippen molar-refractivity contribution in [2.45, 2.75) is 34.2 Å². The Morgan fingerprint density at radius 3 is 2.56 bits per heavy atom. The van der Waals surface area contributed by atoms with Gasteiger partial charge >= 0.3 is 0 Å². The number of aromatic nitrogens is 1. The fourth-order valence-electron chi connectivity index (χ4n) is 1.78. The molecule has 0 bridgehead atoms. The van der Waals surface area contributed by atoms with Gasteiger partial charge in [-0.3, -0.25) is 0 Å². The zero-order valence-corrected chi connectivity index (χ0v) is 11.0. The van der Waals surface area contributed by atoms with Crippen LogP contribution in [0.5, 0.6) is 0 Å². The third kappa shape index (κ3) is 3.49. The fourth-order valence-corrected chi connectivity index (χ4v) is 1.78. The molecule has 3 nitrogen and oxygen atoms in total. The summed E-state index contributed by atoms with van der Waals surface area (Å²) >= 11 is 0. The number of nitrogens with zero attached hydrogens (tertiary/aromatic N) is 1. The molecule has 90 valence electrons. The standard InChI is InChI=1S/C13H23N3/c1-9(2)7-15-8-12-10(3)6-11(4)16-13(12)14-5/h6,9,15H,7-8H2,1-5H3,(H,14,16). The molecule has 0 saturated carbocycles. The molecule has 0 spiro atoms. The quantitative estimate of drug-likeness (QED) is 0.802. The maximum Gasteiger partial charge on any atom is 0.130 e. The molecule has 0 radical (unpaired) electrons. The highest BCUT2D eigenvalue weighted by atomic mass is 15.0. The molecule has 0 aliphatic rings. The molecule has 0 amide bonds. The molecule has 0 atom stereocenters. The summed E-state index contributed by atoms with van der Waals surface area (Å²) in [5, 5.41) is 6.62. The van der Waals surface area contributed by atoms with Crippen LogP contribution in [0.3, 0.4) is 0 Å². The number of hydrogen-bond donors (Lipinski definition) is 2. The zero-order chi connectivity index (χ0) is 12.1. The minimum Gasteiger partial charge on any atom is -0.373 e. The number of rotatable bonds is 5. The fraction of sp³-hybridized carbons (Fsp3) is 0.615. The van der Waals surface area contributed by atoms with Crippen molar-refractivity contribution in [3.05, 3.63) is 22.9 Å². The van der Waals surface area contributed by atoms with Crippen LogP contribution in [0.2, 0.25) is 0 Å². The summed E-state index contributed by atoms with van der Waals surface area (Å²) in [4.78, 5) is 4.50. The van der Waals surface area contributed by atoms with Crippen LogP contribution in [-0.2, 0) is 6.54 Å². The lowest BCUT2D eigenvalue weighted by Crippen LogP contribution is -2.20. The highest BCUT2D eigenvalue weighted by Gasteiger charge is 2.07. The average Bonchev–Trinajstić information content (AvgIpc) is 2.20. The van der Waals surface area contributed by atoms with Crippen molar-refractivity contribution in [2.24, 2.45) is 5.92 Å². The molecule has 0 aromatic carbocycles. The molecule has 0 fully saturated rings. The predicted octanol–water partition coefficient (Wildman–Crippen LogP) is 2.49. The van der Waals surface area contributed by atoms with E-state index in [1.807, 2.05) is 14.0 Å². The molecular weight excluding hydrogens is 198 g/mol. The average molecular weight is 221 g/mol. The monoisotopic (exact) mass is 221 g/mol. The van der Waals surface area contributed by atoms with Gasteiger partial charge in [-0.05, 0) is 37.9 Å². The van der Waals surface area contributed by atoms with Gasteiger partial charge in [0.05, 0.1) is 0 Å². The van der Waals surface area contributed by atoms with Crippen LogP contribution in [0.15, 0.2) is 6.07 Å². The van der Waals surface area contributed by atoms with Crippen LogP contribution in [0.1, 0.15) is 30.7 Å². The van der Waals surface area contributed by atoms with E-state index in [1.165, 1.54) is 11.1 Å². The maximum atomic E-state index is 4.50. The lowest BCUT2D eigenvalue weighted by Gasteiger charge is -2.14. The van der Waals surface area contributed by atoms with Gasteiger partial charge in [0.1, 0.15) is 5.82 Å². The van der Waals surface area contributed by atoms with E-state index >= 15 is 0 Å². The molecule has 2 N–H and O–H groups in total. The van der Waals surface area contributed by atoms with Gasteiger partial charge in [0.15, 0.2) is 0 Å². The van der Waals surface area contributed by atoms with Crippen LogP contribution < -0.4 is 10.6 Å². The normalized spacial score (nSPS) is 10.9. The molecule has 16 heavy (non-hydrogen) atoms. The highest BCUT2D eigenvalue weighted by molar-refractivity contribution is 5.48. The van der Waals surface area contributed by atoms with Crippen molar-refractivity contribution in [3.8, 4) is 0 Å². The zero-order valence-electron chi connectivity index (χ0n) is 11.0. The first-order valence-electron chi connectivity index (χ1n) is 5.90. The Kier molecular flexibility index (Phi) is 4.74. The molecule has 1 rings (SSSR count). The molecule has 1 aromatic rings. The minimum absolute atomic E-state index is 0.678. The Bertz CT molecular complexity index is 345. The molecule has 1 heterocycles. The van der Waals surface area contributed by atoms with Gasteiger partial charge in [-0.25, -0.2) is 4.98 Å². The Hall–Kier alpha value is -1.09. The lowest BCUT2D eigenvalue weighted by molar-refractivity contribution is 0.551. The van der Waals surface area contributed by atoms with Crippen LogP contribution in [-0.4, -0.2) is 18.6 Å². The van der Waals surface area contributed by atoms with Crippen molar-refractivity contribution < 1.29 is 0 Å². The number of anilines is 1. The Balaban J connectivity index is 2.77. The van der Waals surface area contributed by atoms with E-state index < -0.39 is 0 Å². The lowest BCUT2D eigenvalue weighted by atomic mass is 10.1. The maximum absolute atomic E-state index is 4.50. The van der Waals surface area contributed by atoms with Gasteiger partial charge in [-0.15, -0.1) is 0 Å². The number of hydrogen-bond acceptors (Lipinski definition) is 3. The summed E-state index contributed by atoms with van der Waals surface area (Å²) < 4.78 is 0. The van der Waals surface area contributed by atoms with Crippen molar-refractivity contribution in [1.29, 1.82) is 0 Å². The molecular formula is C13H23N3. The van der Waals surface area contributed by atoms with E-state index in [9.17, 15) is 0 Å². The van der Waals surface area contributed by atoms with Gasteiger partial charge < -0.3 is 10.6 Å². The van der Waals surface area contributed by atoms with E-state index in [0.717, 1.165) is 24.6 Å². The SMILES string of the molecule is CNc1nc(C)cc(C)c1CNCC(C)C. The molecule has 3 heteroatoms. The van der Waals surface area contributed by atoms with Gasteiger partial charge in [0.25, 0.3) is 0 Å². The number of pyridine rings is 1. The molecule has 0 aliphatic heterocycles. The topological polar surface area (TPSA) is 37.0 Å². The number of nitrogens with one attached hydrogen (secondary N) is 2. The summed E-state index contributed by atoms with van der Waals surface area (Å²) in [6.07, 6.45) is 0. The number of aryl methyl sites for hydroxylation is 2. The first-order chi connectivity index (χ1) is 7.54. The molecule has 0 saturated heterocycles. The van der Waals surface area contributed by atoms with Gasteiger partial charge in [0, 0.05) is 24.8 Å². The summed E-state index contributed by atoms with van der Waals surface area (Å²) in [7, 11) is 1.92. The smallest absolute Gasteiger partial charge is 0.130 e. The summed E-state index contributed by atoms with van der Waals surface area (Å²) in [6.45, 7) is 10.5. The van der Waals surface area contributed by atoms with Crippen molar-refractivity contribution >= 4 is 5.82 Å². The largest absolute Gasteiger partial charge is 0.373 e. The predicted molar refractivity (Wildman–Crippen MR) is 69.8 cm³/mol. The first kappa shape index (κ1) is 13.0. The second-order valence-corrected chi connectivity index (χ2v) is 4.68. The van der Waals surface area contributed by atoms with Crippen LogP contribution in [0.4, 0.5) is 5.82 Å². The summed E-state index contributed by atoms with van der Waals surface area (Å²) in [6, 6.07) is 2.13. The van der Waals surface area contributed by atoms with Crippen LogP contribution in [0, 0.1) is 19.8 Å². The third-order valence-corrected chi connectivity index (χ3v) is 2.57. The van der Waals surface area contributed by atoms with E-state index in [1.54, 1.807) is 0 Å². The van der Waals surface area contributed by atoms with E-state index in [0.29, 0.717) is 5.92 Å². The molecule has 0 aliphatic carbocycles. The van der Waals surface area contributed by atoms with E-state index in [2.05, 4.69) is 42.5 Å². The van der Waals surface area contributed by atoms with Gasteiger partial charge in [-0.1, -0.05) is 13.8 Å². The van der Waals surface area contributed by atoms with Gasteiger partial charge in [-0.2, -0.15) is 0 Å². The van der Waals surface area contributed by atoms with E-state index in [-0.39, 0.29) is 0 Å². The summed E-state index contributed by atoms with van der Waals surface area (Å²) in [5.41, 5.74) is 3.64. The Morgan fingerprint density at radius 1 is 1.31 bits per heavy atom. The second-order valence-electron chi connectivity index (χ2n) is 4.68. The van der Waals surface area contributed by atoms with Gasteiger partial charge in [0.2, 0.25) is 0 Å². The minimum atomic E-state index is 0.678. The first-order valence-corrected chi connectivity index (χ1v) is 5.90. The molecule has 0 unspecified atom stereocenters. The van der Waals surface area contributed by atoms with Crippen LogP contribution >= 0.6 is 0 Å². The summed E-state index contributed by atoms with van der Waals surface area (Å²) in [5.74, 6) is 1.67. The molecule has 1 aromatic heterocycles. The van der Waals surface area contributed by atoms with Crippen molar-refractivity contribution in [3.63, 3.8) is 0 Å². The Labute approximate surface area is 98.7 Å². The van der Waals surface area contributed by atoms with Crippen molar-refractivity contribution in [2.75, 3.05) is 18.9 Å². The van der Waals surface area contributed by atoms with Crippen LogP contribution in [0.25, 0.3) is 0 Å². The Morgan fingerprint density at radius 2 is 2.00 bits per heavy atom. The second kappa shape index (κ2) is 5.85. The third-order valence-electron chi connectivity index (χ3n) is 2.57. The van der Waals surface area contributed by atoms with E-state index in [4.69, 9.17) is 0 Å².